The molecule has 2 aromatic carbocycles. The van der Waals surface area contributed by atoms with Gasteiger partial charge in [-0.25, -0.2) is 8.42 Å². The lowest BCUT2D eigenvalue weighted by molar-refractivity contribution is 0.476. The number of benzene rings is 2. The lowest BCUT2D eigenvalue weighted by Gasteiger charge is -2.25. The van der Waals surface area contributed by atoms with E-state index in [1.54, 1.807) is 6.07 Å². The van der Waals surface area contributed by atoms with Crippen LogP contribution >= 0.6 is 15.9 Å². The molecule has 4 rings (SSSR count). The zero-order valence-corrected chi connectivity index (χ0v) is 14.9. The van der Waals surface area contributed by atoms with E-state index in [4.69, 9.17) is 4.74 Å². The molecule has 0 bridgehead atoms. The maximum absolute atomic E-state index is 12.4. The zero-order chi connectivity index (χ0) is 16.0. The molecule has 3 nitrogen and oxygen atoms in total. The predicted octanol–water partition coefficient (Wildman–Crippen LogP) is 4.91. The summed E-state index contributed by atoms with van der Waals surface area (Å²) in [5.74, 6) is 2.59. The lowest BCUT2D eigenvalue weighted by atomic mass is 9.91. The zero-order valence-electron chi connectivity index (χ0n) is 12.5. The molecule has 0 aromatic heterocycles. The number of rotatable bonds is 3. The van der Waals surface area contributed by atoms with Gasteiger partial charge in [0.2, 0.25) is 0 Å². The first-order valence-corrected chi connectivity index (χ1v) is 10.3. The number of hydrogen-bond donors (Lipinski definition) is 0. The Hall–Kier alpha value is -1.33. The minimum absolute atomic E-state index is 0.253. The first kappa shape index (κ1) is 15.2. The van der Waals surface area contributed by atoms with Crippen molar-refractivity contribution in [3.8, 4) is 11.5 Å². The minimum Gasteiger partial charge on any atom is -0.457 e. The summed E-state index contributed by atoms with van der Waals surface area (Å²) in [5, 5.41) is 0. The molecule has 1 atom stereocenters. The third-order valence-electron chi connectivity index (χ3n) is 4.66. The second kappa shape index (κ2) is 5.64. The van der Waals surface area contributed by atoms with Crippen molar-refractivity contribution in [2.24, 2.45) is 5.92 Å². The average molecular weight is 393 g/mol. The Morgan fingerprint density at radius 2 is 1.65 bits per heavy atom. The van der Waals surface area contributed by atoms with Crippen LogP contribution in [0.2, 0.25) is 0 Å². The molecule has 0 spiro atoms. The molecular weight excluding hydrogens is 376 g/mol. The van der Waals surface area contributed by atoms with Crippen LogP contribution in [-0.2, 0) is 9.84 Å². The normalized spacial score (nSPS) is 22.4. The number of fused-ring (bicyclic) bond motifs is 1. The Kier molecular flexibility index (Phi) is 3.73. The molecule has 0 N–H and O–H groups in total. The van der Waals surface area contributed by atoms with Gasteiger partial charge in [0.15, 0.2) is 9.84 Å². The first-order valence-electron chi connectivity index (χ1n) is 7.83. The third-order valence-corrected chi connectivity index (χ3v) is 6.98. The van der Waals surface area contributed by atoms with Crippen LogP contribution in [0.25, 0.3) is 0 Å². The molecule has 1 saturated carbocycles. The highest BCUT2D eigenvalue weighted by atomic mass is 79.9. The summed E-state index contributed by atoms with van der Waals surface area (Å²) in [6.45, 7) is 0. The monoisotopic (exact) mass is 392 g/mol. The second-order valence-corrected chi connectivity index (χ2v) is 9.30. The van der Waals surface area contributed by atoms with E-state index in [2.05, 4.69) is 15.9 Å². The largest absolute Gasteiger partial charge is 0.457 e. The highest BCUT2D eigenvalue weighted by Crippen LogP contribution is 2.49. The van der Waals surface area contributed by atoms with E-state index >= 15 is 0 Å². The Bertz CT molecular complexity index is 839. The summed E-state index contributed by atoms with van der Waals surface area (Å²) in [5.41, 5.74) is 0.988. The SMILES string of the molecule is O=S1(=O)CCC(C2CC2)c2ccc(Oc3ccc(Br)cc3)cc21. The summed E-state index contributed by atoms with van der Waals surface area (Å²) in [4.78, 5) is 0.468. The van der Waals surface area contributed by atoms with Gasteiger partial charge in [-0.1, -0.05) is 22.0 Å². The standard InChI is InChI=1S/C18H17BrO3S/c19-13-3-5-14(6-4-13)22-15-7-8-17-16(12-1-2-12)9-10-23(20,21)18(17)11-15/h3-8,11-12,16H,1-2,9-10H2. The van der Waals surface area contributed by atoms with E-state index in [0.29, 0.717) is 28.2 Å². The van der Waals surface area contributed by atoms with Crippen molar-refractivity contribution in [3.63, 3.8) is 0 Å². The van der Waals surface area contributed by atoms with Crippen LogP contribution < -0.4 is 4.74 Å². The molecular formula is C18H17BrO3S. The number of ether oxygens (including phenoxy) is 1. The molecule has 120 valence electrons. The second-order valence-electron chi connectivity index (χ2n) is 6.31. The summed E-state index contributed by atoms with van der Waals surface area (Å²) in [6.07, 6.45) is 3.20. The van der Waals surface area contributed by atoms with Crippen molar-refractivity contribution in [1.82, 2.24) is 0 Å². The summed E-state index contributed by atoms with van der Waals surface area (Å²) >= 11 is 3.39. The maximum atomic E-state index is 12.4. The van der Waals surface area contributed by atoms with Crippen LogP contribution in [0.1, 0.15) is 30.7 Å². The van der Waals surface area contributed by atoms with Crippen molar-refractivity contribution in [2.75, 3.05) is 5.75 Å². The number of hydrogen-bond acceptors (Lipinski definition) is 3. The molecule has 23 heavy (non-hydrogen) atoms. The third kappa shape index (κ3) is 3.04. The molecule has 1 aliphatic carbocycles. The van der Waals surface area contributed by atoms with Gasteiger partial charge in [-0.2, -0.15) is 0 Å². The van der Waals surface area contributed by atoms with Gasteiger partial charge < -0.3 is 4.74 Å². The van der Waals surface area contributed by atoms with Gasteiger partial charge in [0, 0.05) is 4.47 Å². The minimum atomic E-state index is -3.19. The van der Waals surface area contributed by atoms with Crippen LogP contribution in [-0.4, -0.2) is 14.2 Å². The molecule has 1 heterocycles. The fraction of sp³-hybridized carbons (Fsp3) is 0.333. The van der Waals surface area contributed by atoms with Gasteiger partial charge in [-0.3, -0.25) is 0 Å². The van der Waals surface area contributed by atoms with E-state index in [1.165, 1.54) is 12.8 Å². The Morgan fingerprint density at radius 3 is 2.35 bits per heavy atom. The summed E-state index contributed by atoms with van der Waals surface area (Å²) in [6, 6.07) is 13.0. The molecule has 1 fully saturated rings. The van der Waals surface area contributed by atoms with Crippen LogP contribution in [0.3, 0.4) is 0 Å². The quantitative estimate of drug-likeness (QED) is 0.744. The van der Waals surface area contributed by atoms with Crippen molar-refractivity contribution in [1.29, 1.82) is 0 Å². The van der Waals surface area contributed by atoms with E-state index in [0.717, 1.165) is 16.5 Å². The van der Waals surface area contributed by atoms with Crippen LogP contribution in [0, 0.1) is 5.92 Å². The molecule has 0 saturated heterocycles. The van der Waals surface area contributed by atoms with Gasteiger partial charge in [-0.15, -0.1) is 0 Å². The van der Waals surface area contributed by atoms with E-state index in [9.17, 15) is 8.42 Å². The number of sulfone groups is 1. The number of halogens is 1. The van der Waals surface area contributed by atoms with Crippen LogP contribution in [0.5, 0.6) is 11.5 Å². The van der Waals surface area contributed by atoms with Crippen molar-refractivity contribution < 1.29 is 13.2 Å². The lowest BCUT2D eigenvalue weighted by Crippen LogP contribution is -2.21. The van der Waals surface area contributed by atoms with Crippen molar-refractivity contribution >= 4 is 25.8 Å². The smallest absolute Gasteiger partial charge is 0.178 e. The van der Waals surface area contributed by atoms with Crippen molar-refractivity contribution in [2.45, 2.75) is 30.1 Å². The van der Waals surface area contributed by atoms with Crippen LogP contribution in [0.15, 0.2) is 51.8 Å². The highest BCUT2D eigenvalue weighted by Gasteiger charge is 2.39. The summed E-state index contributed by atoms with van der Waals surface area (Å²) < 4.78 is 31.7. The molecule has 2 aromatic rings. The Balaban J connectivity index is 1.69. The van der Waals surface area contributed by atoms with E-state index in [1.807, 2.05) is 36.4 Å². The van der Waals surface area contributed by atoms with E-state index < -0.39 is 9.84 Å². The van der Waals surface area contributed by atoms with Crippen molar-refractivity contribution in [3.05, 3.63) is 52.5 Å². The molecule has 1 unspecified atom stereocenters. The summed E-state index contributed by atoms with van der Waals surface area (Å²) in [7, 11) is -3.19. The van der Waals surface area contributed by atoms with Crippen LogP contribution in [0.4, 0.5) is 0 Å². The van der Waals surface area contributed by atoms with Gasteiger partial charge >= 0.3 is 0 Å². The highest BCUT2D eigenvalue weighted by molar-refractivity contribution is 9.10. The molecule has 2 aliphatic rings. The van der Waals surface area contributed by atoms with Gasteiger partial charge in [0.05, 0.1) is 10.6 Å². The van der Waals surface area contributed by atoms with Gasteiger partial charge in [0.1, 0.15) is 11.5 Å². The molecule has 5 heteroatoms. The maximum Gasteiger partial charge on any atom is 0.178 e. The molecule has 1 aliphatic heterocycles. The van der Waals surface area contributed by atoms with E-state index in [-0.39, 0.29) is 5.75 Å². The molecule has 0 radical (unpaired) electrons. The molecule has 0 amide bonds. The fourth-order valence-corrected chi connectivity index (χ4v) is 5.25. The fourth-order valence-electron chi connectivity index (χ4n) is 3.33. The average Bonchev–Trinajstić information content (AvgIpc) is 3.35. The Morgan fingerprint density at radius 1 is 0.957 bits per heavy atom. The van der Waals surface area contributed by atoms with Gasteiger partial charge in [-0.05, 0) is 73.1 Å². The predicted molar refractivity (Wildman–Crippen MR) is 92.8 cm³/mol. The van der Waals surface area contributed by atoms with Gasteiger partial charge in [0.25, 0.3) is 0 Å². The Labute approximate surface area is 144 Å². The first-order chi connectivity index (χ1) is 11.0. The topological polar surface area (TPSA) is 43.4 Å².